The fourth-order valence-electron chi connectivity index (χ4n) is 2.02. The van der Waals surface area contributed by atoms with Gasteiger partial charge in [-0.3, -0.25) is 4.68 Å². The Kier molecular flexibility index (Phi) is 4.74. The molecule has 0 aliphatic heterocycles. The molecule has 1 aromatic carbocycles. The second kappa shape index (κ2) is 6.52. The van der Waals surface area contributed by atoms with E-state index in [0.717, 1.165) is 17.8 Å². The summed E-state index contributed by atoms with van der Waals surface area (Å²) in [7, 11) is 1.83. The molecule has 1 aromatic heterocycles. The van der Waals surface area contributed by atoms with Crippen LogP contribution in [0.3, 0.4) is 0 Å². The lowest BCUT2D eigenvalue weighted by molar-refractivity contribution is 0.284. The van der Waals surface area contributed by atoms with E-state index in [-0.39, 0.29) is 24.2 Å². The fourth-order valence-corrected chi connectivity index (χ4v) is 2.02. The second-order valence-corrected chi connectivity index (χ2v) is 4.74. The Bertz CT molecular complexity index is 568. The molecule has 0 spiro atoms. The van der Waals surface area contributed by atoms with Crippen LogP contribution in [0.25, 0.3) is 0 Å². The fraction of sp³-hybridized carbons (Fsp3) is 0.400. The van der Waals surface area contributed by atoms with Crippen LogP contribution in [-0.2, 0) is 13.7 Å². The zero-order chi connectivity index (χ0) is 14.5. The zero-order valence-electron chi connectivity index (χ0n) is 12.1. The van der Waals surface area contributed by atoms with E-state index >= 15 is 0 Å². The summed E-state index contributed by atoms with van der Waals surface area (Å²) < 4.78 is 21.1. The first kappa shape index (κ1) is 14.5. The number of nitrogens with zero attached hydrogens (tertiary/aromatic N) is 2. The monoisotopic (exact) mass is 277 g/mol. The number of nitrogens with one attached hydrogen (secondary N) is 1. The summed E-state index contributed by atoms with van der Waals surface area (Å²) in [5, 5.41) is 7.43. The maximum atomic E-state index is 14.0. The largest absolute Gasteiger partial charge is 0.484 e. The van der Waals surface area contributed by atoms with Gasteiger partial charge in [-0.2, -0.15) is 5.10 Å². The third kappa shape index (κ3) is 3.57. The molecular formula is C15H20FN3O. The quantitative estimate of drug-likeness (QED) is 0.882. The lowest BCUT2D eigenvalue weighted by atomic mass is 10.1. The second-order valence-electron chi connectivity index (χ2n) is 4.74. The van der Waals surface area contributed by atoms with Gasteiger partial charge in [0.25, 0.3) is 0 Å². The number of aryl methyl sites for hydroxylation is 1. The van der Waals surface area contributed by atoms with E-state index in [9.17, 15) is 4.39 Å². The number of ether oxygens (including phenoxy) is 1. The van der Waals surface area contributed by atoms with Crippen molar-refractivity contribution >= 4 is 0 Å². The summed E-state index contributed by atoms with van der Waals surface area (Å²) in [5.74, 6) is -0.0914. The minimum atomic E-state index is -0.344. The summed E-state index contributed by atoms with van der Waals surface area (Å²) in [6, 6.07) is 7.03. The average Bonchev–Trinajstić information content (AvgIpc) is 2.83. The van der Waals surface area contributed by atoms with Crippen LogP contribution in [0.5, 0.6) is 5.75 Å². The average molecular weight is 277 g/mol. The van der Waals surface area contributed by atoms with Gasteiger partial charge >= 0.3 is 0 Å². The number of aromatic nitrogens is 2. The van der Waals surface area contributed by atoms with E-state index in [0.29, 0.717) is 0 Å². The van der Waals surface area contributed by atoms with Crippen LogP contribution >= 0.6 is 0 Å². The van der Waals surface area contributed by atoms with Crippen LogP contribution < -0.4 is 10.1 Å². The van der Waals surface area contributed by atoms with Crippen molar-refractivity contribution in [2.45, 2.75) is 26.5 Å². The third-order valence-corrected chi connectivity index (χ3v) is 3.11. The van der Waals surface area contributed by atoms with Gasteiger partial charge in [-0.25, -0.2) is 4.39 Å². The number of halogens is 1. The molecular weight excluding hydrogens is 257 g/mol. The molecule has 0 bridgehead atoms. The Hall–Kier alpha value is -1.88. The molecule has 20 heavy (non-hydrogen) atoms. The molecule has 2 rings (SSSR count). The van der Waals surface area contributed by atoms with E-state index in [1.807, 2.05) is 39.2 Å². The minimum absolute atomic E-state index is 0.124. The van der Waals surface area contributed by atoms with Gasteiger partial charge in [0.05, 0.1) is 5.69 Å². The highest BCUT2D eigenvalue weighted by atomic mass is 19.1. The number of rotatable bonds is 6. The molecule has 1 unspecified atom stereocenters. The van der Waals surface area contributed by atoms with Gasteiger partial charge in [0, 0.05) is 19.3 Å². The number of hydrogen-bond donors (Lipinski definition) is 1. The first-order valence-electron chi connectivity index (χ1n) is 6.74. The van der Waals surface area contributed by atoms with Crippen LogP contribution in [0, 0.1) is 5.82 Å². The van der Waals surface area contributed by atoms with E-state index in [2.05, 4.69) is 10.4 Å². The van der Waals surface area contributed by atoms with Crippen molar-refractivity contribution in [2.75, 3.05) is 6.54 Å². The predicted molar refractivity (Wildman–Crippen MR) is 76.0 cm³/mol. The summed E-state index contributed by atoms with van der Waals surface area (Å²) in [6.07, 6.45) is 1.83. The van der Waals surface area contributed by atoms with Crippen LogP contribution in [-0.4, -0.2) is 16.3 Å². The molecule has 0 radical (unpaired) electrons. The van der Waals surface area contributed by atoms with Crippen LogP contribution in [0.1, 0.15) is 31.1 Å². The van der Waals surface area contributed by atoms with Crippen LogP contribution in [0.2, 0.25) is 0 Å². The van der Waals surface area contributed by atoms with Gasteiger partial charge in [-0.15, -0.1) is 0 Å². The smallest absolute Gasteiger partial charge is 0.165 e. The van der Waals surface area contributed by atoms with Crippen molar-refractivity contribution in [3.05, 3.63) is 47.5 Å². The Balaban J connectivity index is 2.02. The Morgan fingerprint density at radius 3 is 2.80 bits per heavy atom. The molecule has 2 aromatic rings. The van der Waals surface area contributed by atoms with Crippen molar-refractivity contribution < 1.29 is 9.13 Å². The lowest BCUT2D eigenvalue weighted by Crippen LogP contribution is -2.17. The Labute approximate surface area is 118 Å². The van der Waals surface area contributed by atoms with E-state index in [1.165, 1.54) is 6.07 Å². The molecule has 0 saturated carbocycles. The molecule has 0 amide bonds. The zero-order valence-corrected chi connectivity index (χ0v) is 12.1. The van der Waals surface area contributed by atoms with E-state index in [4.69, 9.17) is 4.74 Å². The van der Waals surface area contributed by atoms with Gasteiger partial charge in [0.1, 0.15) is 6.61 Å². The van der Waals surface area contributed by atoms with Crippen molar-refractivity contribution in [3.8, 4) is 5.75 Å². The van der Waals surface area contributed by atoms with Gasteiger partial charge in [0.2, 0.25) is 0 Å². The summed E-state index contributed by atoms with van der Waals surface area (Å²) in [4.78, 5) is 0. The normalized spacial score (nSPS) is 12.4. The molecule has 5 heteroatoms. The van der Waals surface area contributed by atoms with Crippen molar-refractivity contribution in [3.63, 3.8) is 0 Å². The van der Waals surface area contributed by atoms with Crippen molar-refractivity contribution in [1.82, 2.24) is 15.1 Å². The third-order valence-electron chi connectivity index (χ3n) is 3.11. The maximum absolute atomic E-state index is 14.0. The van der Waals surface area contributed by atoms with Gasteiger partial charge in [-0.1, -0.05) is 13.0 Å². The number of benzene rings is 1. The summed E-state index contributed by atoms with van der Waals surface area (Å²) in [5.41, 5.74) is 1.69. The topological polar surface area (TPSA) is 39.1 Å². The highest BCUT2D eigenvalue weighted by Gasteiger charge is 2.09. The predicted octanol–water partition coefficient (Wildman–Crippen LogP) is 2.81. The van der Waals surface area contributed by atoms with Gasteiger partial charge < -0.3 is 10.1 Å². The first-order chi connectivity index (χ1) is 9.60. The standard InChI is InChI=1S/C15H20FN3O/c1-4-17-11(2)12-5-6-15(14(16)9-12)20-10-13-7-8-19(3)18-13/h5-9,11,17H,4,10H2,1-3H3. The first-order valence-corrected chi connectivity index (χ1v) is 6.74. The van der Waals surface area contributed by atoms with Crippen LogP contribution in [0.4, 0.5) is 4.39 Å². The Morgan fingerprint density at radius 2 is 2.20 bits per heavy atom. The summed E-state index contributed by atoms with van der Waals surface area (Å²) >= 11 is 0. The van der Waals surface area contributed by atoms with Gasteiger partial charge in [0.15, 0.2) is 11.6 Å². The highest BCUT2D eigenvalue weighted by Crippen LogP contribution is 2.22. The highest BCUT2D eigenvalue weighted by molar-refractivity contribution is 5.31. The van der Waals surface area contributed by atoms with E-state index < -0.39 is 0 Å². The molecule has 108 valence electrons. The molecule has 1 N–H and O–H groups in total. The van der Waals surface area contributed by atoms with Crippen LogP contribution in [0.15, 0.2) is 30.5 Å². The van der Waals surface area contributed by atoms with Crippen molar-refractivity contribution in [2.24, 2.45) is 7.05 Å². The van der Waals surface area contributed by atoms with Gasteiger partial charge in [-0.05, 0) is 37.2 Å². The molecule has 0 aliphatic carbocycles. The SMILES string of the molecule is CCNC(C)c1ccc(OCc2ccn(C)n2)c(F)c1. The van der Waals surface area contributed by atoms with E-state index in [1.54, 1.807) is 10.7 Å². The van der Waals surface area contributed by atoms with Crippen molar-refractivity contribution in [1.29, 1.82) is 0 Å². The molecule has 1 atom stereocenters. The molecule has 4 nitrogen and oxygen atoms in total. The molecule has 0 fully saturated rings. The summed E-state index contributed by atoms with van der Waals surface area (Å²) in [6.45, 7) is 5.14. The maximum Gasteiger partial charge on any atom is 0.165 e. The number of hydrogen-bond acceptors (Lipinski definition) is 3. The molecule has 0 aliphatic rings. The molecule has 0 saturated heterocycles. The Morgan fingerprint density at radius 1 is 1.40 bits per heavy atom. The molecule has 1 heterocycles. The lowest BCUT2D eigenvalue weighted by Gasteiger charge is -2.14. The minimum Gasteiger partial charge on any atom is -0.484 e.